The Morgan fingerprint density at radius 2 is 1.75 bits per heavy atom. The molecule has 1 amide bonds. The van der Waals surface area contributed by atoms with Gasteiger partial charge in [-0.25, -0.2) is 0 Å². The molecule has 4 nitrogen and oxygen atoms in total. The molecular weight excluding hydrogens is 202 g/mol. The Labute approximate surface area is 99.8 Å². The van der Waals surface area contributed by atoms with Crippen LogP contribution in [-0.2, 0) is 4.79 Å². The molecule has 0 heterocycles. The first-order valence-corrected chi connectivity index (χ1v) is 6.02. The predicted molar refractivity (Wildman–Crippen MR) is 68.2 cm³/mol. The number of nitrogens with zero attached hydrogens (tertiary/aromatic N) is 2. The van der Waals surface area contributed by atoms with Crippen molar-refractivity contribution in [2.45, 2.75) is 39.8 Å². The van der Waals surface area contributed by atoms with Crippen LogP contribution >= 0.6 is 0 Å². The van der Waals surface area contributed by atoms with Crippen LogP contribution in [0.1, 0.15) is 27.7 Å². The number of hydrogen-bond donors (Lipinski definition) is 1. The summed E-state index contributed by atoms with van der Waals surface area (Å²) < 4.78 is 0. The van der Waals surface area contributed by atoms with E-state index in [1.165, 1.54) is 0 Å². The molecule has 2 N–H and O–H groups in total. The number of carbonyl (C=O) groups is 1. The van der Waals surface area contributed by atoms with E-state index in [1.54, 1.807) is 0 Å². The van der Waals surface area contributed by atoms with Gasteiger partial charge in [0.25, 0.3) is 0 Å². The van der Waals surface area contributed by atoms with Crippen molar-refractivity contribution in [3.05, 3.63) is 0 Å². The molecule has 0 bridgehead atoms. The molecule has 0 saturated carbocycles. The third-order valence-electron chi connectivity index (χ3n) is 2.79. The van der Waals surface area contributed by atoms with Crippen LogP contribution < -0.4 is 5.73 Å². The van der Waals surface area contributed by atoms with Gasteiger partial charge >= 0.3 is 0 Å². The highest BCUT2D eigenvalue weighted by molar-refractivity contribution is 5.82. The van der Waals surface area contributed by atoms with Crippen LogP contribution in [0.3, 0.4) is 0 Å². The zero-order valence-electron chi connectivity index (χ0n) is 11.5. The highest BCUT2D eigenvalue weighted by Gasteiger charge is 2.25. The fourth-order valence-corrected chi connectivity index (χ4v) is 1.79. The molecule has 4 heteroatoms. The van der Waals surface area contributed by atoms with Crippen LogP contribution in [0, 0.1) is 5.92 Å². The summed E-state index contributed by atoms with van der Waals surface area (Å²) in [6.07, 6.45) is 0. The third kappa shape index (κ3) is 4.49. The fraction of sp³-hybridized carbons (Fsp3) is 0.917. The van der Waals surface area contributed by atoms with Gasteiger partial charge in [-0.1, -0.05) is 13.8 Å². The lowest BCUT2D eigenvalue weighted by atomic mass is 10.0. The van der Waals surface area contributed by atoms with E-state index in [4.69, 9.17) is 5.73 Å². The first kappa shape index (κ1) is 15.4. The third-order valence-corrected chi connectivity index (χ3v) is 2.79. The minimum atomic E-state index is -0.385. The van der Waals surface area contributed by atoms with E-state index in [0.717, 1.165) is 6.54 Å². The second-order valence-corrected chi connectivity index (χ2v) is 5.01. The van der Waals surface area contributed by atoms with E-state index in [1.807, 2.05) is 39.8 Å². The maximum atomic E-state index is 12.1. The molecule has 0 aliphatic heterocycles. The lowest BCUT2D eigenvalue weighted by Crippen LogP contribution is -2.52. The van der Waals surface area contributed by atoms with Gasteiger partial charge in [0.05, 0.1) is 6.04 Å². The first-order valence-electron chi connectivity index (χ1n) is 6.02. The zero-order chi connectivity index (χ0) is 12.9. The Kier molecular flexibility index (Phi) is 6.60. The van der Waals surface area contributed by atoms with Crippen molar-refractivity contribution < 1.29 is 4.79 Å². The Hall–Kier alpha value is -0.610. The van der Waals surface area contributed by atoms with Gasteiger partial charge < -0.3 is 15.5 Å². The number of hydrogen-bond acceptors (Lipinski definition) is 3. The number of amides is 1. The van der Waals surface area contributed by atoms with Crippen LogP contribution in [0.4, 0.5) is 0 Å². The molecule has 0 rings (SSSR count). The Morgan fingerprint density at radius 1 is 1.25 bits per heavy atom. The van der Waals surface area contributed by atoms with E-state index in [-0.39, 0.29) is 23.9 Å². The lowest BCUT2D eigenvalue weighted by Gasteiger charge is -2.33. The number of nitrogens with two attached hydrogens (primary N) is 1. The fourth-order valence-electron chi connectivity index (χ4n) is 1.79. The summed E-state index contributed by atoms with van der Waals surface area (Å²) in [5.74, 6) is 0.250. The Morgan fingerprint density at radius 3 is 2.06 bits per heavy atom. The van der Waals surface area contributed by atoms with Crippen molar-refractivity contribution in [2.24, 2.45) is 11.7 Å². The standard InChI is InChI=1S/C12H27N3O/c1-7-15(10(4)8-14(5)6)12(16)11(13)9(2)3/h9-11H,7-8,13H2,1-6H3/t10?,11-/m0/s1. The van der Waals surface area contributed by atoms with Gasteiger partial charge in [0, 0.05) is 19.1 Å². The minimum absolute atomic E-state index is 0.0619. The van der Waals surface area contributed by atoms with Gasteiger partial charge in [0.1, 0.15) is 0 Å². The largest absolute Gasteiger partial charge is 0.338 e. The van der Waals surface area contributed by atoms with E-state index < -0.39 is 0 Å². The average Bonchev–Trinajstić information content (AvgIpc) is 2.16. The van der Waals surface area contributed by atoms with Gasteiger partial charge in [-0.3, -0.25) is 4.79 Å². The molecule has 0 aromatic carbocycles. The van der Waals surface area contributed by atoms with Gasteiger partial charge in [0.2, 0.25) is 5.91 Å². The first-order chi connectivity index (χ1) is 7.31. The molecule has 0 aliphatic carbocycles. The summed E-state index contributed by atoms with van der Waals surface area (Å²) in [6.45, 7) is 9.60. The minimum Gasteiger partial charge on any atom is -0.338 e. The number of rotatable bonds is 6. The molecule has 16 heavy (non-hydrogen) atoms. The van der Waals surface area contributed by atoms with Crippen molar-refractivity contribution in [3.63, 3.8) is 0 Å². The summed E-state index contributed by atoms with van der Waals surface area (Å²) in [7, 11) is 4.02. The average molecular weight is 229 g/mol. The van der Waals surface area contributed by atoms with E-state index >= 15 is 0 Å². The molecular formula is C12H27N3O. The van der Waals surface area contributed by atoms with E-state index in [9.17, 15) is 4.79 Å². The van der Waals surface area contributed by atoms with Crippen LogP contribution in [0.25, 0.3) is 0 Å². The van der Waals surface area contributed by atoms with E-state index in [2.05, 4.69) is 11.8 Å². The monoisotopic (exact) mass is 229 g/mol. The highest BCUT2D eigenvalue weighted by atomic mass is 16.2. The highest BCUT2D eigenvalue weighted by Crippen LogP contribution is 2.07. The molecule has 0 aliphatic rings. The summed E-state index contributed by atoms with van der Waals surface area (Å²) >= 11 is 0. The van der Waals surface area contributed by atoms with Crippen LogP contribution in [0.15, 0.2) is 0 Å². The van der Waals surface area contributed by atoms with E-state index in [0.29, 0.717) is 6.54 Å². The molecule has 96 valence electrons. The van der Waals surface area contributed by atoms with Crippen LogP contribution in [0.5, 0.6) is 0 Å². The number of carbonyl (C=O) groups excluding carboxylic acids is 1. The van der Waals surface area contributed by atoms with Crippen molar-refractivity contribution in [1.29, 1.82) is 0 Å². The van der Waals surface area contributed by atoms with Crippen molar-refractivity contribution in [2.75, 3.05) is 27.2 Å². The van der Waals surface area contributed by atoms with Crippen LogP contribution in [0.2, 0.25) is 0 Å². The summed E-state index contributed by atoms with van der Waals surface area (Å²) in [5.41, 5.74) is 5.90. The molecule has 0 aromatic rings. The van der Waals surface area contributed by atoms with Crippen molar-refractivity contribution in [3.8, 4) is 0 Å². The topological polar surface area (TPSA) is 49.6 Å². The maximum Gasteiger partial charge on any atom is 0.240 e. The maximum absolute atomic E-state index is 12.1. The quantitative estimate of drug-likeness (QED) is 0.732. The summed E-state index contributed by atoms with van der Waals surface area (Å²) in [4.78, 5) is 16.1. The molecule has 0 saturated heterocycles. The van der Waals surface area contributed by atoms with Gasteiger partial charge in [-0.15, -0.1) is 0 Å². The zero-order valence-corrected chi connectivity index (χ0v) is 11.5. The second-order valence-electron chi connectivity index (χ2n) is 5.01. The normalized spacial score (nSPS) is 15.3. The molecule has 0 aromatic heterocycles. The molecule has 1 unspecified atom stereocenters. The Bertz CT molecular complexity index is 216. The molecule has 2 atom stereocenters. The van der Waals surface area contributed by atoms with Crippen LogP contribution in [-0.4, -0.2) is 55.0 Å². The SMILES string of the molecule is CCN(C(=O)[C@@H](N)C(C)C)C(C)CN(C)C. The molecule has 0 fully saturated rings. The predicted octanol–water partition coefficient (Wildman–Crippen LogP) is 0.768. The van der Waals surface area contributed by atoms with Gasteiger partial charge in [-0.2, -0.15) is 0 Å². The molecule has 0 radical (unpaired) electrons. The van der Waals surface area contributed by atoms with Crippen molar-refractivity contribution in [1.82, 2.24) is 9.80 Å². The molecule has 0 spiro atoms. The van der Waals surface area contributed by atoms with Gasteiger partial charge in [-0.05, 0) is 33.9 Å². The second kappa shape index (κ2) is 6.86. The number of likely N-dealkylation sites (N-methyl/N-ethyl adjacent to an activating group) is 2. The summed E-state index contributed by atoms with van der Waals surface area (Å²) in [5, 5.41) is 0. The summed E-state index contributed by atoms with van der Waals surface area (Å²) in [6, 6.07) is -0.179. The Balaban J connectivity index is 4.53. The lowest BCUT2D eigenvalue weighted by molar-refractivity contribution is -0.135. The smallest absolute Gasteiger partial charge is 0.240 e. The van der Waals surface area contributed by atoms with Gasteiger partial charge in [0.15, 0.2) is 0 Å². The van der Waals surface area contributed by atoms with Crippen molar-refractivity contribution >= 4 is 5.91 Å².